The number of likely N-dealkylation sites (tertiary alicyclic amines) is 1. The molecule has 2 rings (SSSR count). The van der Waals surface area contributed by atoms with Crippen molar-refractivity contribution < 1.29 is 4.74 Å². The van der Waals surface area contributed by atoms with E-state index in [0.717, 1.165) is 44.2 Å². The van der Waals surface area contributed by atoms with E-state index in [-0.39, 0.29) is 0 Å². The predicted octanol–water partition coefficient (Wildman–Crippen LogP) is 2.19. The zero-order chi connectivity index (χ0) is 12.1. The smallest absolute Gasteiger partial charge is 0.182 e. The van der Waals surface area contributed by atoms with E-state index in [1.807, 2.05) is 13.3 Å². The van der Waals surface area contributed by atoms with E-state index >= 15 is 0 Å². The lowest BCUT2D eigenvalue weighted by molar-refractivity contribution is 0.0391. The summed E-state index contributed by atoms with van der Waals surface area (Å²) in [5.41, 5.74) is 0. The molecular weight excluding hydrogens is 234 g/mol. The summed E-state index contributed by atoms with van der Waals surface area (Å²) < 4.78 is 5.38. The summed E-state index contributed by atoms with van der Waals surface area (Å²) in [7, 11) is 1.81. The standard InChI is InChI=1S/C12H21N3OS/c1-3-13-12-14-8-11(17-12)9-15-6-4-10(16-2)5-7-15/h8,10H,3-7,9H2,1-2H3,(H,13,14). The minimum absolute atomic E-state index is 0.463. The van der Waals surface area contributed by atoms with Crippen LogP contribution in [0, 0.1) is 0 Å². The van der Waals surface area contributed by atoms with E-state index in [9.17, 15) is 0 Å². The van der Waals surface area contributed by atoms with Crippen molar-refractivity contribution in [1.82, 2.24) is 9.88 Å². The molecule has 1 saturated heterocycles. The van der Waals surface area contributed by atoms with Gasteiger partial charge in [0.25, 0.3) is 0 Å². The fourth-order valence-corrected chi connectivity index (χ4v) is 3.06. The molecule has 1 fully saturated rings. The van der Waals surface area contributed by atoms with Crippen molar-refractivity contribution in [3.63, 3.8) is 0 Å². The van der Waals surface area contributed by atoms with Crippen molar-refractivity contribution >= 4 is 16.5 Å². The monoisotopic (exact) mass is 255 g/mol. The number of methoxy groups -OCH3 is 1. The topological polar surface area (TPSA) is 37.4 Å². The highest BCUT2D eigenvalue weighted by Gasteiger charge is 2.19. The molecule has 0 unspecified atom stereocenters. The van der Waals surface area contributed by atoms with Crippen LogP contribution in [0.3, 0.4) is 0 Å². The maximum atomic E-state index is 5.38. The Morgan fingerprint density at radius 3 is 2.94 bits per heavy atom. The molecule has 1 N–H and O–H groups in total. The van der Waals surface area contributed by atoms with Crippen LogP contribution in [-0.2, 0) is 11.3 Å². The molecule has 0 aliphatic carbocycles. The van der Waals surface area contributed by atoms with Crippen molar-refractivity contribution in [2.75, 3.05) is 32.1 Å². The molecule has 96 valence electrons. The predicted molar refractivity (Wildman–Crippen MR) is 71.6 cm³/mol. The first-order valence-electron chi connectivity index (χ1n) is 6.25. The minimum Gasteiger partial charge on any atom is -0.381 e. The third kappa shape index (κ3) is 3.66. The number of hydrogen-bond donors (Lipinski definition) is 1. The summed E-state index contributed by atoms with van der Waals surface area (Å²) in [4.78, 5) is 8.19. The zero-order valence-corrected chi connectivity index (χ0v) is 11.4. The number of hydrogen-bond acceptors (Lipinski definition) is 5. The van der Waals surface area contributed by atoms with Gasteiger partial charge in [0.15, 0.2) is 5.13 Å². The van der Waals surface area contributed by atoms with E-state index in [4.69, 9.17) is 4.74 Å². The van der Waals surface area contributed by atoms with Gasteiger partial charge >= 0.3 is 0 Å². The molecule has 0 radical (unpaired) electrons. The quantitative estimate of drug-likeness (QED) is 0.875. The van der Waals surface area contributed by atoms with E-state index in [1.54, 1.807) is 11.3 Å². The number of anilines is 1. The second-order valence-electron chi connectivity index (χ2n) is 4.37. The van der Waals surface area contributed by atoms with Crippen LogP contribution in [0.5, 0.6) is 0 Å². The van der Waals surface area contributed by atoms with Crippen molar-refractivity contribution in [3.8, 4) is 0 Å². The minimum atomic E-state index is 0.463. The molecule has 0 atom stereocenters. The molecule has 1 aromatic heterocycles. The van der Waals surface area contributed by atoms with Gasteiger partial charge in [0.05, 0.1) is 6.10 Å². The fraction of sp³-hybridized carbons (Fsp3) is 0.750. The summed E-state index contributed by atoms with van der Waals surface area (Å²) in [5.74, 6) is 0. The lowest BCUT2D eigenvalue weighted by Gasteiger charge is -2.30. The lowest BCUT2D eigenvalue weighted by atomic mass is 10.1. The van der Waals surface area contributed by atoms with Crippen molar-refractivity contribution in [3.05, 3.63) is 11.1 Å². The summed E-state index contributed by atoms with van der Waals surface area (Å²) >= 11 is 1.76. The number of aromatic nitrogens is 1. The van der Waals surface area contributed by atoms with E-state index in [1.165, 1.54) is 4.88 Å². The molecule has 1 aliphatic rings. The molecule has 4 nitrogen and oxygen atoms in total. The highest BCUT2D eigenvalue weighted by Crippen LogP contribution is 2.21. The van der Waals surface area contributed by atoms with Crippen LogP contribution in [0.2, 0.25) is 0 Å². The Labute approximate surface area is 107 Å². The van der Waals surface area contributed by atoms with Gasteiger partial charge in [-0.3, -0.25) is 4.90 Å². The number of ether oxygens (including phenoxy) is 1. The van der Waals surface area contributed by atoms with Crippen LogP contribution in [-0.4, -0.2) is 42.7 Å². The molecule has 17 heavy (non-hydrogen) atoms. The first-order valence-corrected chi connectivity index (χ1v) is 7.07. The normalized spacial score (nSPS) is 18.5. The van der Waals surface area contributed by atoms with Gasteiger partial charge in [-0.05, 0) is 19.8 Å². The van der Waals surface area contributed by atoms with Crippen molar-refractivity contribution in [1.29, 1.82) is 0 Å². The third-order valence-corrected chi connectivity index (χ3v) is 4.07. The average Bonchev–Trinajstić information content (AvgIpc) is 2.78. The van der Waals surface area contributed by atoms with Gasteiger partial charge in [0.2, 0.25) is 0 Å². The molecule has 2 heterocycles. The molecule has 0 aromatic carbocycles. The molecule has 0 amide bonds. The Morgan fingerprint density at radius 2 is 2.29 bits per heavy atom. The Hall–Kier alpha value is -0.650. The van der Waals surface area contributed by atoms with E-state index in [0.29, 0.717) is 6.10 Å². The van der Waals surface area contributed by atoms with Crippen LogP contribution in [0.4, 0.5) is 5.13 Å². The number of nitrogens with zero attached hydrogens (tertiary/aromatic N) is 2. The Morgan fingerprint density at radius 1 is 1.53 bits per heavy atom. The van der Waals surface area contributed by atoms with Gasteiger partial charge in [-0.15, -0.1) is 11.3 Å². The molecule has 0 spiro atoms. The SMILES string of the molecule is CCNc1ncc(CN2CCC(OC)CC2)s1. The Kier molecular flexibility index (Phi) is 4.76. The maximum absolute atomic E-state index is 5.38. The van der Waals surface area contributed by atoms with Crippen molar-refractivity contribution in [2.45, 2.75) is 32.4 Å². The lowest BCUT2D eigenvalue weighted by Crippen LogP contribution is -2.35. The maximum Gasteiger partial charge on any atom is 0.182 e. The molecule has 0 saturated carbocycles. The second kappa shape index (κ2) is 6.33. The van der Waals surface area contributed by atoms with E-state index in [2.05, 4.69) is 22.1 Å². The molecular formula is C12H21N3OS. The van der Waals surface area contributed by atoms with Crippen LogP contribution < -0.4 is 5.32 Å². The van der Waals surface area contributed by atoms with Crippen LogP contribution >= 0.6 is 11.3 Å². The third-order valence-electron chi connectivity index (χ3n) is 3.13. The molecule has 1 aromatic rings. The number of rotatable bonds is 5. The van der Waals surface area contributed by atoms with E-state index < -0.39 is 0 Å². The van der Waals surface area contributed by atoms with Gasteiger partial charge < -0.3 is 10.1 Å². The summed E-state index contributed by atoms with van der Waals surface area (Å²) in [5, 5.41) is 4.29. The summed E-state index contributed by atoms with van der Waals surface area (Å²) in [6.45, 7) is 6.32. The fourth-order valence-electron chi connectivity index (χ4n) is 2.14. The van der Waals surface area contributed by atoms with Gasteiger partial charge in [0, 0.05) is 44.4 Å². The molecule has 0 bridgehead atoms. The van der Waals surface area contributed by atoms with Gasteiger partial charge in [-0.2, -0.15) is 0 Å². The highest BCUT2D eigenvalue weighted by atomic mass is 32.1. The van der Waals surface area contributed by atoms with Crippen molar-refractivity contribution in [2.24, 2.45) is 0 Å². The largest absolute Gasteiger partial charge is 0.381 e. The number of thiazole rings is 1. The van der Waals surface area contributed by atoms with Gasteiger partial charge in [-0.25, -0.2) is 4.98 Å². The second-order valence-corrected chi connectivity index (χ2v) is 5.49. The van der Waals surface area contributed by atoms with Crippen LogP contribution in [0.15, 0.2) is 6.20 Å². The van der Waals surface area contributed by atoms with Crippen LogP contribution in [0.1, 0.15) is 24.6 Å². The van der Waals surface area contributed by atoms with Gasteiger partial charge in [0.1, 0.15) is 0 Å². The molecule has 1 aliphatic heterocycles. The highest BCUT2D eigenvalue weighted by molar-refractivity contribution is 7.15. The summed E-state index contributed by atoms with van der Waals surface area (Å²) in [6, 6.07) is 0. The van der Waals surface area contributed by atoms with Crippen LogP contribution in [0.25, 0.3) is 0 Å². The first-order chi connectivity index (χ1) is 8.31. The zero-order valence-electron chi connectivity index (χ0n) is 10.6. The number of piperidine rings is 1. The number of nitrogens with one attached hydrogen (secondary N) is 1. The average molecular weight is 255 g/mol. The van der Waals surface area contributed by atoms with Gasteiger partial charge in [-0.1, -0.05) is 0 Å². The molecule has 5 heteroatoms. The summed E-state index contributed by atoms with van der Waals surface area (Å²) in [6.07, 6.45) is 4.75. The Balaban J connectivity index is 1.80. The first kappa shape index (κ1) is 12.8. The Bertz CT molecular complexity index is 334.